The maximum Gasteiger partial charge on any atom is 0.0231 e. The first-order valence-electron chi connectivity index (χ1n) is 4.95. The molecule has 1 nitrogen and oxygen atoms in total. The van der Waals surface area contributed by atoms with Crippen LogP contribution in [0.15, 0.2) is 24.3 Å². The molecule has 0 aliphatic carbocycles. The van der Waals surface area contributed by atoms with E-state index in [2.05, 4.69) is 49.4 Å². The standard InChI is InChI=1S/C12H19NS/c1-11-4-6-12(7-5-11)10-13(2)8-9-14-3/h4-7H,8-10H2,1-3H3. The van der Waals surface area contributed by atoms with Crippen molar-refractivity contribution in [2.24, 2.45) is 0 Å². The summed E-state index contributed by atoms with van der Waals surface area (Å²) in [5.41, 5.74) is 2.74. The van der Waals surface area contributed by atoms with Gasteiger partial charge >= 0.3 is 0 Å². The molecule has 0 spiro atoms. The summed E-state index contributed by atoms with van der Waals surface area (Å²) < 4.78 is 0. The van der Waals surface area contributed by atoms with Gasteiger partial charge in [0.15, 0.2) is 0 Å². The highest BCUT2D eigenvalue weighted by atomic mass is 32.2. The zero-order valence-corrected chi connectivity index (χ0v) is 10.1. The molecule has 1 aromatic rings. The first-order valence-corrected chi connectivity index (χ1v) is 6.35. The van der Waals surface area contributed by atoms with Crippen molar-refractivity contribution < 1.29 is 0 Å². The fourth-order valence-corrected chi connectivity index (χ4v) is 1.83. The second kappa shape index (κ2) is 6.10. The summed E-state index contributed by atoms with van der Waals surface area (Å²) in [5, 5.41) is 0. The van der Waals surface area contributed by atoms with Crippen LogP contribution in [0.25, 0.3) is 0 Å². The van der Waals surface area contributed by atoms with Gasteiger partial charge in [0, 0.05) is 18.8 Å². The summed E-state index contributed by atoms with van der Waals surface area (Å²) in [6.45, 7) is 4.34. The summed E-state index contributed by atoms with van der Waals surface area (Å²) in [5.74, 6) is 1.21. The summed E-state index contributed by atoms with van der Waals surface area (Å²) >= 11 is 1.90. The van der Waals surface area contributed by atoms with Crippen molar-refractivity contribution in [2.45, 2.75) is 13.5 Å². The molecular formula is C12H19NS. The molecule has 0 bridgehead atoms. The average molecular weight is 209 g/mol. The molecule has 78 valence electrons. The van der Waals surface area contributed by atoms with Crippen LogP contribution in [0.1, 0.15) is 11.1 Å². The van der Waals surface area contributed by atoms with Crippen molar-refractivity contribution in [1.29, 1.82) is 0 Å². The van der Waals surface area contributed by atoms with Crippen molar-refractivity contribution in [3.05, 3.63) is 35.4 Å². The Balaban J connectivity index is 2.39. The van der Waals surface area contributed by atoms with Gasteiger partial charge in [0.2, 0.25) is 0 Å². The van der Waals surface area contributed by atoms with Crippen LogP contribution >= 0.6 is 11.8 Å². The highest BCUT2D eigenvalue weighted by Crippen LogP contribution is 2.06. The fraction of sp³-hybridized carbons (Fsp3) is 0.500. The van der Waals surface area contributed by atoms with Gasteiger partial charge in [0.05, 0.1) is 0 Å². The van der Waals surface area contributed by atoms with Gasteiger partial charge in [-0.25, -0.2) is 0 Å². The first kappa shape index (κ1) is 11.6. The summed E-state index contributed by atoms with van der Waals surface area (Å²) in [7, 11) is 2.18. The number of hydrogen-bond donors (Lipinski definition) is 0. The Morgan fingerprint density at radius 1 is 1.21 bits per heavy atom. The number of rotatable bonds is 5. The molecule has 1 aromatic carbocycles. The highest BCUT2D eigenvalue weighted by Gasteiger charge is 1.98. The molecule has 0 saturated carbocycles. The van der Waals surface area contributed by atoms with Crippen molar-refractivity contribution in [3.63, 3.8) is 0 Å². The summed E-state index contributed by atoms with van der Waals surface area (Å²) in [6.07, 6.45) is 2.15. The minimum Gasteiger partial charge on any atom is -0.301 e. The molecule has 0 amide bonds. The van der Waals surface area contributed by atoms with Crippen molar-refractivity contribution in [2.75, 3.05) is 25.6 Å². The molecule has 0 atom stereocenters. The molecule has 0 aliphatic rings. The van der Waals surface area contributed by atoms with E-state index in [9.17, 15) is 0 Å². The smallest absolute Gasteiger partial charge is 0.0231 e. The highest BCUT2D eigenvalue weighted by molar-refractivity contribution is 7.98. The number of nitrogens with zero attached hydrogens (tertiary/aromatic N) is 1. The van der Waals surface area contributed by atoms with Gasteiger partial charge < -0.3 is 4.90 Å². The maximum absolute atomic E-state index is 2.36. The van der Waals surface area contributed by atoms with Crippen LogP contribution in [0, 0.1) is 6.92 Å². The fourth-order valence-electron chi connectivity index (χ4n) is 1.33. The molecule has 0 heterocycles. The van der Waals surface area contributed by atoms with E-state index in [1.807, 2.05) is 11.8 Å². The minimum atomic E-state index is 1.06. The molecule has 0 fully saturated rings. The Bertz CT molecular complexity index is 256. The number of thioether (sulfide) groups is 1. The number of hydrogen-bond acceptors (Lipinski definition) is 2. The Hall–Kier alpha value is -0.470. The Kier molecular flexibility index (Phi) is 5.05. The van der Waals surface area contributed by atoms with Gasteiger partial charge in [-0.15, -0.1) is 0 Å². The zero-order chi connectivity index (χ0) is 10.4. The molecule has 1 rings (SSSR count). The number of aryl methyl sites for hydroxylation is 1. The van der Waals surface area contributed by atoms with Crippen LogP contribution in [0.3, 0.4) is 0 Å². The van der Waals surface area contributed by atoms with Gasteiger partial charge in [0.1, 0.15) is 0 Å². The van der Waals surface area contributed by atoms with E-state index < -0.39 is 0 Å². The quantitative estimate of drug-likeness (QED) is 0.733. The Labute approximate surface area is 91.5 Å². The van der Waals surface area contributed by atoms with Gasteiger partial charge in [-0.1, -0.05) is 29.8 Å². The van der Waals surface area contributed by atoms with Gasteiger partial charge in [0.25, 0.3) is 0 Å². The van der Waals surface area contributed by atoms with E-state index in [1.165, 1.54) is 16.9 Å². The van der Waals surface area contributed by atoms with Crippen molar-refractivity contribution in [1.82, 2.24) is 4.90 Å². The van der Waals surface area contributed by atoms with Crippen LogP contribution in [0.5, 0.6) is 0 Å². The minimum absolute atomic E-state index is 1.06. The summed E-state index contributed by atoms with van der Waals surface area (Å²) in [4.78, 5) is 2.36. The molecule has 0 radical (unpaired) electrons. The molecule has 0 N–H and O–H groups in total. The lowest BCUT2D eigenvalue weighted by Gasteiger charge is -2.15. The molecule has 0 aliphatic heterocycles. The third-order valence-corrected chi connectivity index (χ3v) is 2.84. The van der Waals surface area contributed by atoms with E-state index >= 15 is 0 Å². The monoisotopic (exact) mass is 209 g/mol. The van der Waals surface area contributed by atoms with Crippen LogP contribution in [0.2, 0.25) is 0 Å². The van der Waals surface area contributed by atoms with Gasteiger partial charge in [-0.2, -0.15) is 11.8 Å². The van der Waals surface area contributed by atoms with E-state index in [0.29, 0.717) is 0 Å². The predicted molar refractivity (Wildman–Crippen MR) is 65.9 cm³/mol. The lowest BCUT2D eigenvalue weighted by Crippen LogP contribution is -2.20. The van der Waals surface area contributed by atoms with E-state index in [0.717, 1.165) is 13.1 Å². The van der Waals surface area contributed by atoms with Gasteiger partial charge in [-0.05, 0) is 25.8 Å². The third kappa shape index (κ3) is 4.16. The lowest BCUT2D eigenvalue weighted by atomic mass is 10.1. The molecule has 2 heteroatoms. The molecule has 0 unspecified atom stereocenters. The third-order valence-electron chi connectivity index (χ3n) is 2.25. The van der Waals surface area contributed by atoms with Gasteiger partial charge in [-0.3, -0.25) is 0 Å². The topological polar surface area (TPSA) is 3.24 Å². The van der Waals surface area contributed by atoms with E-state index in [-0.39, 0.29) is 0 Å². The zero-order valence-electron chi connectivity index (χ0n) is 9.29. The van der Waals surface area contributed by atoms with Crippen LogP contribution < -0.4 is 0 Å². The number of benzene rings is 1. The van der Waals surface area contributed by atoms with Crippen LogP contribution in [-0.4, -0.2) is 30.5 Å². The normalized spacial score (nSPS) is 10.9. The molecule has 0 saturated heterocycles. The molecule has 0 aromatic heterocycles. The Morgan fingerprint density at radius 2 is 1.86 bits per heavy atom. The lowest BCUT2D eigenvalue weighted by molar-refractivity contribution is 0.349. The first-order chi connectivity index (χ1) is 6.72. The Morgan fingerprint density at radius 3 is 2.43 bits per heavy atom. The van der Waals surface area contributed by atoms with Crippen LogP contribution in [-0.2, 0) is 6.54 Å². The van der Waals surface area contributed by atoms with Crippen molar-refractivity contribution in [3.8, 4) is 0 Å². The summed E-state index contributed by atoms with van der Waals surface area (Å²) in [6, 6.07) is 8.78. The second-order valence-electron chi connectivity index (χ2n) is 3.72. The molecule has 14 heavy (non-hydrogen) atoms. The average Bonchev–Trinajstić information content (AvgIpc) is 2.18. The van der Waals surface area contributed by atoms with E-state index in [1.54, 1.807) is 0 Å². The van der Waals surface area contributed by atoms with Crippen molar-refractivity contribution >= 4 is 11.8 Å². The van der Waals surface area contributed by atoms with E-state index in [4.69, 9.17) is 0 Å². The largest absolute Gasteiger partial charge is 0.301 e. The predicted octanol–water partition coefficient (Wildman–Crippen LogP) is 2.79. The SMILES string of the molecule is CSCCN(C)Cc1ccc(C)cc1. The maximum atomic E-state index is 2.36. The second-order valence-corrected chi connectivity index (χ2v) is 4.70. The molecular weight excluding hydrogens is 190 g/mol. The van der Waals surface area contributed by atoms with Crippen LogP contribution in [0.4, 0.5) is 0 Å².